The van der Waals surface area contributed by atoms with Crippen LogP contribution in [0, 0.1) is 0 Å². The Kier molecular flexibility index (Phi) is 4.61. The highest BCUT2D eigenvalue weighted by molar-refractivity contribution is 7.15. The molecule has 114 valence electrons. The van der Waals surface area contributed by atoms with E-state index in [1.165, 1.54) is 17.4 Å². The SMILES string of the molecule is O=C1C=C(N(Cc2ccc(Cl)nc2)Cc2cnc(Cl)s2)CO1. The van der Waals surface area contributed by atoms with Crippen molar-refractivity contribution in [3.8, 4) is 0 Å². The number of cyclic esters (lactones) is 1. The first-order chi connectivity index (χ1) is 10.6. The normalized spacial score (nSPS) is 13.9. The van der Waals surface area contributed by atoms with Crippen molar-refractivity contribution in [2.75, 3.05) is 6.61 Å². The van der Waals surface area contributed by atoms with E-state index in [0.29, 0.717) is 22.7 Å². The smallest absolute Gasteiger partial charge is 0.333 e. The molecule has 1 aliphatic rings. The molecule has 5 nitrogen and oxygen atoms in total. The molecular weight excluding hydrogens is 345 g/mol. The Morgan fingerprint density at radius 2 is 2.09 bits per heavy atom. The van der Waals surface area contributed by atoms with Gasteiger partial charge in [0.05, 0.1) is 12.2 Å². The van der Waals surface area contributed by atoms with E-state index >= 15 is 0 Å². The number of halogens is 2. The first kappa shape index (κ1) is 15.3. The number of rotatable bonds is 5. The molecule has 2 aromatic heterocycles. The highest BCUT2D eigenvalue weighted by Crippen LogP contribution is 2.24. The van der Waals surface area contributed by atoms with Crippen molar-refractivity contribution in [2.24, 2.45) is 0 Å². The van der Waals surface area contributed by atoms with Gasteiger partial charge < -0.3 is 9.64 Å². The molecule has 8 heteroatoms. The van der Waals surface area contributed by atoms with Crippen molar-refractivity contribution in [1.82, 2.24) is 14.9 Å². The van der Waals surface area contributed by atoms with Gasteiger partial charge in [0, 0.05) is 29.9 Å². The van der Waals surface area contributed by atoms with Crippen LogP contribution in [0.5, 0.6) is 0 Å². The summed E-state index contributed by atoms with van der Waals surface area (Å²) < 4.78 is 5.49. The number of hydrogen-bond donors (Lipinski definition) is 0. The predicted molar refractivity (Wildman–Crippen MR) is 84.7 cm³/mol. The van der Waals surface area contributed by atoms with Gasteiger partial charge in [0.25, 0.3) is 0 Å². The molecule has 0 unspecified atom stereocenters. The van der Waals surface area contributed by atoms with Crippen LogP contribution < -0.4 is 0 Å². The van der Waals surface area contributed by atoms with Gasteiger partial charge in [-0.2, -0.15) is 0 Å². The molecule has 0 saturated heterocycles. The van der Waals surface area contributed by atoms with Crippen LogP contribution in [0.3, 0.4) is 0 Å². The Balaban J connectivity index is 1.80. The third-order valence-electron chi connectivity index (χ3n) is 3.09. The molecule has 3 heterocycles. The Morgan fingerprint density at radius 1 is 1.23 bits per heavy atom. The average molecular weight is 356 g/mol. The van der Waals surface area contributed by atoms with Crippen molar-refractivity contribution < 1.29 is 9.53 Å². The number of ether oxygens (including phenoxy) is 1. The van der Waals surface area contributed by atoms with Crippen molar-refractivity contribution >= 4 is 40.5 Å². The molecule has 0 fully saturated rings. The van der Waals surface area contributed by atoms with Crippen LogP contribution in [0.25, 0.3) is 0 Å². The summed E-state index contributed by atoms with van der Waals surface area (Å²) in [5.74, 6) is -0.323. The van der Waals surface area contributed by atoms with E-state index in [9.17, 15) is 4.79 Å². The third-order valence-corrected chi connectivity index (χ3v) is 4.41. The van der Waals surface area contributed by atoms with Gasteiger partial charge >= 0.3 is 5.97 Å². The molecule has 0 atom stereocenters. The van der Waals surface area contributed by atoms with Crippen LogP contribution in [0.4, 0.5) is 0 Å². The van der Waals surface area contributed by atoms with Gasteiger partial charge in [0.1, 0.15) is 11.8 Å². The van der Waals surface area contributed by atoms with Gasteiger partial charge in [-0.15, -0.1) is 11.3 Å². The van der Waals surface area contributed by atoms with E-state index in [1.54, 1.807) is 18.5 Å². The minimum atomic E-state index is -0.323. The second-order valence-corrected chi connectivity index (χ2v) is 6.75. The van der Waals surface area contributed by atoms with Crippen LogP contribution in [0.2, 0.25) is 9.62 Å². The van der Waals surface area contributed by atoms with Gasteiger partial charge in [-0.1, -0.05) is 29.3 Å². The number of esters is 1. The second kappa shape index (κ2) is 6.64. The monoisotopic (exact) mass is 355 g/mol. The summed E-state index contributed by atoms with van der Waals surface area (Å²) in [4.78, 5) is 22.5. The molecule has 0 N–H and O–H groups in total. The first-order valence-electron chi connectivity index (χ1n) is 6.43. The standard InChI is InChI=1S/C14H11Cl2N3O2S/c15-12-2-1-9(4-17-12)6-19(10-3-13(20)21-8-10)7-11-5-18-14(16)22-11/h1-5H,6-8H2. The highest BCUT2D eigenvalue weighted by Gasteiger charge is 2.20. The minimum absolute atomic E-state index is 0.270. The van der Waals surface area contributed by atoms with Crippen molar-refractivity contribution in [3.05, 3.63) is 56.4 Å². The quantitative estimate of drug-likeness (QED) is 0.608. The Hall–Kier alpha value is -1.63. The average Bonchev–Trinajstić information content (AvgIpc) is 3.09. The maximum Gasteiger partial charge on any atom is 0.333 e. The summed E-state index contributed by atoms with van der Waals surface area (Å²) in [6, 6.07) is 3.64. The summed E-state index contributed by atoms with van der Waals surface area (Å²) in [5, 5.41) is 0.447. The Labute approximate surface area is 141 Å². The number of carbonyl (C=O) groups excluding carboxylic acids is 1. The predicted octanol–water partition coefficient (Wildman–Crippen LogP) is 3.29. The van der Waals surface area contributed by atoms with Crippen LogP contribution >= 0.6 is 34.5 Å². The molecule has 1 aliphatic heterocycles. The number of nitrogens with zero attached hydrogens (tertiary/aromatic N) is 3. The summed E-state index contributed by atoms with van der Waals surface area (Å²) in [7, 11) is 0. The zero-order valence-corrected chi connectivity index (χ0v) is 13.7. The van der Waals surface area contributed by atoms with Crippen LogP contribution in [0.1, 0.15) is 10.4 Å². The van der Waals surface area contributed by atoms with E-state index < -0.39 is 0 Å². The van der Waals surface area contributed by atoms with Crippen molar-refractivity contribution in [3.63, 3.8) is 0 Å². The minimum Gasteiger partial charge on any atom is -0.456 e. The van der Waals surface area contributed by atoms with E-state index in [2.05, 4.69) is 9.97 Å². The molecule has 0 aliphatic carbocycles. The maximum atomic E-state index is 11.3. The second-order valence-electron chi connectivity index (χ2n) is 4.67. The molecule has 0 bridgehead atoms. The Bertz CT molecular complexity index is 715. The molecule has 0 amide bonds. The van der Waals surface area contributed by atoms with Gasteiger partial charge in [-0.3, -0.25) is 0 Å². The van der Waals surface area contributed by atoms with Crippen molar-refractivity contribution in [1.29, 1.82) is 0 Å². The molecular formula is C14H11Cl2N3O2S. The molecule has 3 rings (SSSR count). The fourth-order valence-electron chi connectivity index (χ4n) is 2.07. The lowest BCUT2D eigenvalue weighted by Gasteiger charge is -2.24. The summed E-state index contributed by atoms with van der Waals surface area (Å²) in [6.45, 7) is 1.45. The van der Waals surface area contributed by atoms with Crippen LogP contribution in [0.15, 0.2) is 36.3 Å². The molecule has 2 aromatic rings. The first-order valence-corrected chi connectivity index (χ1v) is 8.00. The Morgan fingerprint density at radius 3 is 2.68 bits per heavy atom. The lowest BCUT2D eigenvalue weighted by molar-refractivity contribution is -0.135. The fraction of sp³-hybridized carbons (Fsp3) is 0.214. The van der Waals surface area contributed by atoms with Crippen LogP contribution in [-0.4, -0.2) is 27.4 Å². The van der Waals surface area contributed by atoms with Gasteiger partial charge in [-0.05, 0) is 11.6 Å². The number of pyridine rings is 1. The van der Waals surface area contributed by atoms with Crippen molar-refractivity contribution in [2.45, 2.75) is 13.1 Å². The van der Waals surface area contributed by atoms with Gasteiger partial charge in [0.2, 0.25) is 0 Å². The number of thiazole rings is 1. The number of carbonyl (C=O) groups is 1. The maximum absolute atomic E-state index is 11.3. The van der Waals surface area contributed by atoms with Gasteiger partial charge in [0.15, 0.2) is 4.47 Å². The summed E-state index contributed by atoms with van der Waals surface area (Å²) in [6.07, 6.45) is 4.96. The topological polar surface area (TPSA) is 55.3 Å². The third kappa shape index (κ3) is 3.76. The highest BCUT2D eigenvalue weighted by atomic mass is 35.5. The van der Waals surface area contributed by atoms with E-state index in [0.717, 1.165) is 16.1 Å². The van der Waals surface area contributed by atoms with E-state index in [1.807, 2.05) is 11.0 Å². The molecule has 0 radical (unpaired) electrons. The van der Waals surface area contributed by atoms with E-state index in [-0.39, 0.29) is 12.6 Å². The number of aromatic nitrogens is 2. The fourth-order valence-corrected chi connectivity index (χ4v) is 3.18. The van der Waals surface area contributed by atoms with Gasteiger partial charge in [-0.25, -0.2) is 14.8 Å². The lowest BCUT2D eigenvalue weighted by atomic mass is 10.2. The number of hydrogen-bond acceptors (Lipinski definition) is 6. The molecule has 0 aromatic carbocycles. The largest absolute Gasteiger partial charge is 0.456 e. The van der Waals surface area contributed by atoms with Crippen LogP contribution in [-0.2, 0) is 22.6 Å². The lowest BCUT2D eigenvalue weighted by Crippen LogP contribution is -2.22. The zero-order valence-electron chi connectivity index (χ0n) is 11.3. The zero-order chi connectivity index (χ0) is 15.5. The summed E-state index contributed by atoms with van der Waals surface area (Å²) >= 11 is 13.1. The molecule has 0 spiro atoms. The van der Waals surface area contributed by atoms with E-state index in [4.69, 9.17) is 27.9 Å². The molecule has 0 saturated carbocycles. The summed E-state index contributed by atoms with van der Waals surface area (Å²) in [5.41, 5.74) is 1.81. The molecule has 22 heavy (non-hydrogen) atoms.